The fourth-order valence-electron chi connectivity index (χ4n) is 2.71. The van der Waals surface area contributed by atoms with E-state index in [0.29, 0.717) is 30.2 Å². The van der Waals surface area contributed by atoms with Crippen molar-refractivity contribution < 1.29 is 9.59 Å². The van der Waals surface area contributed by atoms with Crippen LogP contribution in [0.25, 0.3) is 0 Å². The molecule has 0 fully saturated rings. The molecule has 0 spiro atoms. The second-order valence-electron chi connectivity index (χ2n) is 5.56. The minimum atomic E-state index is -0.233. The molecule has 7 heteroatoms. The fourth-order valence-corrected chi connectivity index (χ4v) is 3.42. The zero-order valence-electron chi connectivity index (χ0n) is 14.0. The van der Waals surface area contributed by atoms with Crippen molar-refractivity contribution in [3.63, 3.8) is 0 Å². The molecule has 2 aromatic rings. The van der Waals surface area contributed by atoms with E-state index in [1.807, 2.05) is 6.07 Å². The van der Waals surface area contributed by atoms with Gasteiger partial charge in [0.25, 0.3) is 11.8 Å². The summed E-state index contributed by atoms with van der Waals surface area (Å²) in [5, 5.41) is 8.43. The normalized spacial score (nSPS) is 14.0. The van der Waals surface area contributed by atoms with Crippen LogP contribution in [0.4, 0.5) is 0 Å². The summed E-state index contributed by atoms with van der Waals surface area (Å²) in [6, 6.07) is 11.1. The van der Waals surface area contributed by atoms with Gasteiger partial charge in [0.2, 0.25) is 0 Å². The Morgan fingerprint density at radius 1 is 1.04 bits per heavy atom. The highest BCUT2D eigenvalue weighted by molar-refractivity contribution is 7.09. The topological polar surface area (TPSA) is 73.8 Å². The standard InChI is InChI=1S/C18H20N4O2S/c1-19-18(20-9-8-13-5-4-12-25-13)21-10-11-22-16(23)14-6-2-3-7-15(14)17(22)24/h2-7,12H,8-11H2,1H3,(H2,19,20,21). The summed E-state index contributed by atoms with van der Waals surface area (Å²) in [7, 11) is 1.70. The molecule has 0 atom stereocenters. The number of imide groups is 1. The predicted molar refractivity (Wildman–Crippen MR) is 99.2 cm³/mol. The van der Waals surface area contributed by atoms with Gasteiger partial charge in [-0.05, 0) is 30.0 Å². The second kappa shape index (κ2) is 7.94. The highest BCUT2D eigenvalue weighted by Crippen LogP contribution is 2.21. The summed E-state index contributed by atoms with van der Waals surface area (Å²) in [5.74, 6) is 0.194. The summed E-state index contributed by atoms with van der Waals surface area (Å²) in [6.07, 6.45) is 0.927. The number of guanidine groups is 1. The lowest BCUT2D eigenvalue weighted by atomic mass is 10.1. The summed E-state index contributed by atoms with van der Waals surface area (Å²) < 4.78 is 0. The Kier molecular flexibility index (Phi) is 5.45. The maximum Gasteiger partial charge on any atom is 0.261 e. The highest BCUT2D eigenvalue weighted by atomic mass is 32.1. The molecule has 1 aromatic carbocycles. The molecule has 1 aromatic heterocycles. The average Bonchev–Trinajstić information content (AvgIpc) is 3.23. The first-order valence-electron chi connectivity index (χ1n) is 8.13. The van der Waals surface area contributed by atoms with Gasteiger partial charge in [0.1, 0.15) is 0 Å². The van der Waals surface area contributed by atoms with E-state index < -0.39 is 0 Å². The fraction of sp³-hybridized carbons (Fsp3) is 0.278. The van der Waals surface area contributed by atoms with Crippen LogP contribution in [0, 0.1) is 0 Å². The van der Waals surface area contributed by atoms with E-state index in [9.17, 15) is 9.59 Å². The molecule has 130 valence electrons. The lowest BCUT2D eigenvalue weighted by Gasteiger charge is -2.16. The van der Waals surface area contributed by atoms with Crippen molar-refractivity contribution in [1.82, 2.24) is 15.5 Å². The number of carbonyl (C=O) groups excluding carboxylic acids is 2. The number of fused-ring (bicyclic) bond motifs is 1. The zero-order chi connectivity index (χ0) is 17.6. The van der Waals surface area contributed by atoms with Gasteiger partial charge in [-0.2, -0.15) is 0 Å². The molecule has 0 unspecified atom stereocenters. The van der Waals surface area contributed by atoms with Crippen LogP contribution in [-0.2, 0) is 6.42 Å². The number of thiophene rings is 1. The van der Waals surface area contributed by atoms with Gasteiger partial charge >= 0.3 is 0 Å². The van der Waals surface area contributed by atoms with Crippen molar-refractivity contribution in [2.75, 3.05) is 26.7 Å². The maximum absolute atomic E-state index is 12.3. The minimum absolute atomic E-state index is 0.233. The van der Waals surface area contributed by atoms with E-state index in [-0.39, 0.29) is 11.8 Å². The van der Waals surface area contributed by atoms with Gasteiger partial charge in [0.05, 0.1) is 11.1 Å². The lowest BCUT2D eigenvalue weighted by molar-refractivity contribution is 0.0657. The van der Waals surface area contributed by atoms with Crippen molar-refractivity contribution in [2.24, 2.45) is 4.99 Å². The third-order valence-corrected chi connectivity index (χ3v) is 4.91. The summed E-state index contributed by atoms with van der Waals surface area (Å²) >= 11 is 1.73. The average molecular weight is 356 g/mol. The first kappa shape index (κ1) is 17.2. The lowest BCUT2D eigenvalue weighted by Crippen LogP contribution is -2.43. The number of hydrogen-bond acceptors (Lipinski definition) is 4. The van der Waals surface area contributed by atoms with Gasteiger partial charge < -0.3 is 10.6 Å². The SMILES string of the molecule is CN=C(NCCc1cccs1)NCCN1C(=O)c2ccccc2C1=O. The van der Waals surface area contributed by atoms with Crippen LogP contribution in [0.1, 0.15) is 25.6 Å². The van der Waals surface area contributed by atoms with E-state index in [1.165, 1.54) is 9.78 Å². The molecule has 0 aliphatic carbocycles. The second-order valence-corrected chi connectivity index (χ2v) is 6.59. The molecular weight excluding hydrogens is 336 g/mol. The summed E-state index contributed by atoms with van der Waals surface area (Å²) in [6.45, 7) is 1.52. The van der Waals surface area contributed by atoms with Gasteiger partial charge in [-0.3, -0.25) is 19.5 Å². The van der Waals surface area contributed by atoms with Crippen LogP contribution in [0.15, 0.2) is 46.8 Å². The Bertz CT molecular complexity index is 751. The molecule has 3 rings (SSSR count). The minimum Gasteiger partial charge on any atom is -0.356 e. The third kappa shape index (κ3) is 3.88. The number of carbonyl (C=O) groups is 2. The van der Waals surface area contributed by atoms with E-state index in [1.54, 1.807) is 42.6 Å². The molecule has 6 nitrogen and oxygen atoms in total. The van der Waals surface area contributed by atoms with E-state index >= 15 is 0 Å². The van der Waals surface area contributed by atoms with Crippen molar-refractivity contribution in [2.45, 2.75) is 6.42 Å². The predicted octanol–water partition coefficient (Wildman–Crippen LogP) is 1.75. The molecule has 0 saturated carbocycles. The number of rotatable bonds is 6. The van der Waals surface area contributed by atoms with Gasteiger partial charge in [-0.15, -0.1) is 11.3 Å². The van der Waals surface area contributed by atoms with E-state index in [2.05, 4.69) is 27.1 Å². The smallest absolute Gasteiger partial charge is 0.261 e. The Morgan fingerprint density at radius 3 is 2.32 bits per heavy atom. The monoisotopic (exact) mass is 356 g/mol. The Balaban J connectivity index is 1.46. The Morgan fingerprint density at radius 2 is 1.72 bits per heavy atom. The number of amides is 2. The third-order valence-electron chi connectivity index (χ3n) is 3.97. The maximum atomic E-state index is 12.3. The van der Waals surface area contributed by atoms with Crippen molar-refractivity contribution in [1.29, 1.82) is 0 Å². The van der Waals surface area contributed by atoms with Crippen molar-refractivity contribution in [3.8, 4) is 0 Å². The van der Waals surface area contributed by atoms with Gasteiger partial charge in [-0.25, -0.2) is 0 Å². The molecule has 1 aliphatic rings. The Labute approximate surface area is 150 Å². The number of hydrogen-bond donors (Lipinski definition) is 2. The van der Waals surface area contributed by atoms with Gasteiger partial charge in [0, 0.05) is 31.6 Å². The highest BCUT2D eigenvalue weighted by Gasteiger charge is 2.34. The Hall–Kier alpha value is -2.67. The summed E-state index contributed by atoms with van der Waals surface area (Å²) in [5.41, 5.74) is 0.955. The number of benzene rings is 1. The van der Waals surface area contributed by atoms with Gasteiger partial charge in [-0.1, -0.05) is 18.2 Å². The molecule has 0 radical (unpaired) electrons. The molecule has 25 heavy (non-hydrogen) atoms. The molecule has 0 bridgehead atoms. The van der Waals surface area contributed by atoms with Crippen LogP contribution >= 0.6 is 11.3 Å². The van der Waals surface area contributed by atoms with Crippen LogP contribution in [-0.4, -0.2) is 49.4 Å². The largest absolute Gasteiger partial charge is 0.356 e. The first-order chi connectivity index (χ1) is 12.2. The van der Waals surface area contributed by atoms with Crippen LogP contribution < -0.4 is 10.6 Å². The number of aliphatic imine (C=N–C) groups is 1. The zero-order valence-corrected chi connectivity index (χ0v) is 14.8. The molecular formula is C18H20N4O2S. The quantitative estimate of drug-likeness (QED) is 0.470. The van der Waals surface area contributed by atoms with Crippen molar-refractivity contribution in [3.05, 3.63) is 57.8 Å². The van der Waals surface area contributed by atoms with Crippen LogP contribution in [0.2, 0.25) is 0 Å². The van der Waals surface area contributed by atoms with E-state index in [0.717, 1.165) is 13.0 Å². The van der Waals surface area contributed by atoms with E-state index in [4.69, 9.17) is 0 Å². The van der Waals surface area contributed by atoms with Gasteiger partial charge in [0.15, 0.2) is 5.96 Å². The van der Waals surface area contributed by atoms with Crippen molar-refractivity contribution >= 4 is 29.1 Å². The van der Waals surface area contributed by atoms with Crippen LogP contribution in [0.5, 0.6) is 0 Å². The number of nitrogens with one attached hydrogen (secondary N) is 2. The van der Waals surface area contributed by atoms with Crippen LogP contribution in [0.3, 0.4) is 0 Å². The molecule has 2 heterocycles. The molecule has 2 amide bonds. The summed E-state index contributed by atoms with van der Waals surface area (Å²) in [4.78, 5) is 31.3. The molecule has 0 saturated heterocycles. The number of nitrogens with zero attached hydrogens (tertiary/aromatic N) is 2. The molecule has 2 N–H and O–H groups in total. The first-order valence-corrected chi connectivity index (χ1v) is 9.01. The molecule has 1 aliphatic heterocycles.